The second kappa shape index (κ2) is 6.54. The average molecular weight is 330 g/mol. The number of allylic oxidation sites excluding steroid dienone is 2. The Hall–Kier alpha value is -3.15. The van der Waals surface area contributed by atoms with E-state index in [2.05, 4.69) is 0 Å². The number of aromatic hydroxyl groups is 4. The number of phenols is 4. The fourth-order valence-corrected chi connectivity index (χ4v) is 2.53. The molecule has 0 spiro atoms. The fraction of sp³-hybridized carbons (Fsp3) is 0.167. The molecule has 0 aromatic heterocycles. The zero-order valence-corrected chi connectivity index (χ0v) is 13.2. The van der Waals surface area contributed by atoms with Gasteiger partial charge in [-0.1, -0.05) is 19.9 Å². The van der Waals surface area contributed by atoms with E-state index in [1.807, 2.05) is 13.8 Å². The molecule has 1 aliphatic carbocycles. The van der Waals surface area contributed by atoms with Crippen LogP contribution in [-0.2, 0) is 4.79 Å². The first-order valence-electron chi connectivity index (χ1n) is 7.41. The summed E-state index contributed by atoms with van der Waals surface area (Å²) in [4.78, 5) is 12.3. The van der Waals surface area contributed by atoms with Crippen LogP contribution in [0.25, 0.3) is 5.57 Å². The summed E-state index contributed by atoms with van der Waals surface area (Å²) in [5.74, 6) is -2.76. The van der Waals surface area contributed by atoms with Gasteiger partial charge < -0.3 is 25.5 Å². The molecule has 5 N–H and O–H groups in total. The summed E-state index contributed by atoms with van der Waals surface area (Å²) >= 11 is 0. The van der Waals surface area contributed by atoms with Gasteiger partial charge in [0.25, 0.3) is 0 Å². The number of hydrogen-bond donors (Lipinski definition) is 5. The maximum Gasteiger partial charge on any atom is 0.182 e. The number of hydrogen-bond acceptors (Lipinski definition) is 6. The van der Waals surface area contributed by atoms with Crippen molar-refractivity contribution in [2.24, 2.45) is 0 Å². The maximum absolute atomic E-state index is 12.3. The van der Waals surface area contributed by atoms with Crippen molar-refractivity contribution in [1.29, 1.82) is 0 Å². The molecule has 3 rings (SSSR count). The van der Waals surface area contributed by atoms with Gasteiger partial charge in [0.2, 0.25) is 0 Å². The number of carbonyl (C=O) groups excluding carboxylic acids is 1. The van der Waals surface area contributed by atoms with Gasteiger partial charge in [0.05, 0.1) is 5.57 Å². The van der Waals surface area contributed by atoms with Crippen LogP contribution < -0.4 is 0 Å². The van der Waals surface area contributed by atoms with E-state index in [-0.39, 0.29) is 45.5 Å². The first kappa shape index (κ1) is 17.2. The Morgan fingerprint density at radius 3 is 1.83 bits per heavy atom. The SMILES string of the molecule is CC.O=C1C(c2ccc(O)cc2O)=C(O)C1c1ccc(O)cc1O. The minimum absolute atomic E-state index is 0.0602. The molecular weight excluding hydrogens is 312 g/mol. The zero-order valence-electron chi connectivity index (χ0n) is 13.2. The third-order valence-electron chi connectivity index (χ3n) is 3.61. The molecule has 24 heavy (non-hydrogen) atoms. The molecular formula is C18H18O6. The summed E-state index contributed by atoms with van der Waals surface area (Å²) in [6.45, 7) is 4.00. The molecule has 0 radical (unpaired) electrons. The van der Waals surface area contributed by atoms with Crippen LogP contribution in [0.4, 0.5) is 0 Å². The highest BCUT2D eigenvalue weighted by atomic mass is 16.3. The Balaban J connectivity index is 0.00000100. The van der Waals surface area contributed by atoms with Crippen LogP contribution in [0.15, 0.2) is 42.2 Å². The summed E-state index contributed by atoms with van der Waals surface area (Å²) in [5, 5.41) is 48.2. The molecule has 0 saturated heterocycles. The highest BCUT2D eigenvalue weighted by molar-refractivity contribution is 6.32. The lowest BCUT2D eigenvalue weighted by molar-refractivity contribution is -0.116. The highest BCUT2D eigenvalue weighted by Gasteiger charge is 2.43. The number of aliphatic hydroxyl groups is 1. The summed E-state index contributed by atoms with van der Waals surface area (Å²) < 4.78 is 0. The van der Waals surface area contributed by atoms with E-state index in [0.29, 0.717) is 0 Å². The molecule has 0 heterocycles. The van der Waals surface area contributed by atoms with Gasteiger partial charge in [-0.2, -0.15) is 0 Å². The van der Waals surface area contributed by atoms with Crippen molar-refractivity contribution in [3.63, 3.8) is 0 Å². The standard InChI is InChI=1S/C16H12O6.C2H6/c17-7-1-3-9(11(19)5-7)13-15(21)14(16(13)22)10-4-2-8(18)6-12(10)20;1-2/h1-6,13,17-21H;1-2H3. The van der Waals surface area contributed by atoms with Gasteiger partial charge >= 0.3 is 0 Å². The maximum atomic E-state index is 12.3. The topological polar surface area (TPSA) is 118 Å². The van der Waals surface area contributed by atoms with Crippen molar-refractivity contribution in [2.75, 3.05) is 0 Å². The van der Waals surface area contributed by atoms with Crippen molar-refractivity contribution in [3.05, 3.63) is 53.3 Å². The minimum atomic E-state index is -1.04. The Labute approximate surface area is 138 Å². The van der Waals surface area contributed by atoms with E-state index < -0.39 is 11.7 Å². The first-order chi connectivity index (χ1) is 11.4. The largest absolute Gasteiger partial charge is 0.510 e. The predicted octanol–water partition coefficient (Wildman–Crippen LogP) is 3.17. The molecule has 0 fully saturated rings. The van der Waals surface area contributed by atoms with E-state index >= 15 is 0 Å². The number of benzene rings is 2. The highest BCUT2D eigenvalue weighted by Crippen LogP contribution is 2.47. The second-order valence-electron chi connectivity index (χ2n) is 5.00. The molecule has 0 amide bonds. The molecule has 2 aromatic carbocycles. The van der Waals surface area contributed by atoms with Gasteiger partial charge in [0.15, 0.2) is 5.78 Å². The molecule has 1 unspecified atom stereocenters. The summed E-state index contributed by atoms with van der Waals surface area (Å²) in [6.07, 6.45) is 0. The summed E-state index contributed by atoms with van der Waals surface area (Å²) in [7, 11) is 0. The van der Waals surface area contributed by atoms with Crippen molar-refractivity contribution in [3.8, 4) is 23.0 Å². The zero-order chi connectivity index (χ0) is 18.0. The van der Waals surface area contributed by atoms with Crippen molar-refractivity contribution in [2.45, 2.75) is 19.8 Å². The summed E-state index contributed by atoms with van der Waals surface area (Å²) in [5.41, 5.74) is 0.215. The Morgan fingerprint density at radius 1 is 0.792 bits per heavy atom. The second-order valence-corrected chi connectivity index (χ2v) is 5.00. The van der Waals surface area contributed by atoms with Gasteiger partial charge in [-0.15, -0.1) is 0 Å². The molecule has 6 heteroatoms. The number of ketones is 1. The molecule has 1 aliphatic rings. The lowest BCUT2D eigenvalue weighted by Crippen LogP contribution is -2.28. The Morgan fingerprint density at radius 2 is 1.33 bits per heavy atom. The van der Waals surface area contributed by atoms with Crippen LogP contribution >= 0.6 is 0 Å². The molecule has 1 atom stereocenters. The van der Waals surface area contributed by atoms with Gasteiger partial charge in [0.1, 0.15) is 34.7 Å². The third kappa shape index (κ3) is 2.74. The van der Waals surface area contributed by atoms with E-state index in [0.717, 1.165) is 12.1 Å². The Bertz CT molecular complexity index is 822. The Kier molecular flexibility index (Phi) is 4.69. The molecule has 126 valence electrons. The van der Waals surface area contributed by atoms with E-state index in [9.17, 15) is 30.3 Å². The lowest BCUT2D eigenvalue weighted by Gasteiger charge is -2.29. The monoisotopic (exact) mass is 330 g/mol. The summed E-state index contributed by atoms with van der Waals surface area (Å²) in [6, 6.07) is 7.39. The normalized spacial score (nSPS) is 16.2. The molecule has 6 nitrogen and oxygen atoms in total. The third-order valence-corrected chi connectivity index (χ3v) is 3.61. The van der Waals surface area contributed by atoms with Gasteiger partial charge in [-0.05, 0) is 18.2 Å². The van der Waals surface area contributed by atoms with Crippen LogP contribution in [0.2, 0.25) is 0 Å². The average Bonchev–Trinajstić information content (AvgIpc) is 2.54. The molecule has 0 aliphatic heterocycles. The van der Waals surface area contributed by atoms with Crippen molar-refractivity contribution < 1.29 is 30.3 Å². The van der Waals surface area contributed by atoms with Gasteiger partial charge in [-0.3, -0.25) is 4.79 Å². The number of carbonyl (C=O) groups is 1. The van der Waals surface area contributed by atoms with Crippen LogP contribution in [-0.4, -0.2) is 31.3 Å². The van der Waals surface area contributed by atoms with Crippen LogP contribution in [0.5, 0.6) is 23.0 Å². The number of phenolic OH excluding ortho intramolecular Hbond substituents is 4. The predicted molar refractivity (Wildman–Crippen MR) is 88.2 cm³/mol. The van der Waals surface area contributed by atoms with Gasteiger partial charge in [0, 0.05) is 23.3 Å². The number of rotatable bonds is 2. The van der Waals surface area contributed by atoms with Crippen molar-refractivity contribution in [1.82, 2.24) is 0 Å². The molecule has 2 aromatic rings. The fourth-order valence-electron chi connectivity index (χ4n) is 2.53. The molecule has 0 bridgehead atoms. The van der Waals surface area contributed by atoms with Crippen LogP contribution in [0.3, 0.4) is 0 Å². The smallest absolute Gasteiger partial charge is 0.182 e. The first-order valence-corrected chi connectivity index (χ1v) is 7.41. The van der Waals surface area contributed by atoms with Gasteiger partial charge in [-0.25, -0.2) is 0 Å². The van der Waals surface area contributed by atoms with E-state index in [4.69, 9.17) is 0 Å². The van der Waals surface area contributed by atoms with Crippen molar-refractivity contribution >= 4 is 11.4 Å². The van der Waals surface area contributed by atoms with E-state index in [1.165, 1.54) is 24.3 Å². The number of Topliss-reactive ketones (excluding diaryl/α,β-unsaturated/α-hetero) is 1. The van der Waals surface area contributed by atoms with E-state index in [1.54, 1.807) is 0 Å². The minimum Gasteiger partial charge on any atom is -0.510 e. The van der Waals surface area contributed by atoms with Crippen LogP contribution in [0.1, 0.15) is 30.9 Å². The lowest BCUT2D eigenvalue weighted by atomic mass is 9.74. The quantitative estimate of drug-likeness (QED) is 0.577. The molecule has 0 saturated carbocycles. The number of aliphatic hydroxyl groups excluding tert-OH is 1. The van der Waals surface area contributed by atoms with Crippen LogP contribution in [0, 0.1) is 0 Å².